The molecular weight excluding hydrogens is 268 g/mol. The number of fused-ring (bicyclic) bond motifs is 1. The molecule has 3 heteroatoms. The molecule has 0 saturated heterocycles. The molecule has 100 valence electrons. The lowest BCUT2D eigenvalue weighted by atomic mass is 10.0. The van der Waals surface area contributed by atoms with Gasteiger partial charge < -0.3 is 0 Å². The molecule has 0 atom stereocenters. The van der Waals surface area contributed by atoms with Gasteiger partial charge in [-0.05, 0) is 44.5 Å². The maximum absolute atomic E-state index is 6.33. The average Bonchev–Trinajstić information content (AvgIpc) is 2.42. The molecule has 0 fully saturated rings. The van der Waals surface area contributed by atoms with Gasteiger partial charge in [-0.2, -0.15) is 0 Å². The Kier molecular flexibility index (Phi) is 3.19. The zero-order valence-corrected chi connectivity index (χ0v) is 12.5. The van der Waals surface area contributed by atoms with Crippen molar-refractivity contribution in [2.24, 2.45) is 0 Å². The fraction of sp³-hybridized carbons (Fsp3) is 0.176. The maximum atomic E-state index is 6.33. The molecule has 3 rings (SSSR count). The summed E-state index contributed by atoms with van der Waals surface area (Å²) in [6.07, 6.45) is 0. The third-order valence-electron chi connectivity index (χ3n) is 3.44. The number of hydrogen-bond donors (Lipinski definition) is 0. The van der Waals surface area contributed by atoms with E-state index in [1.807, 2.05) is 25.1 Å². The van der Waals surface area contributed by atoms with Gasteiger partial charge in [0.15, 0.2) is 5.82 Å². The minimum atomic E-state index is 0.509. The van der Waals surface area contributed by atoms with Crippen molar-refractivity contribution in [2.45, 2.75) is 20.8 Å². The maximum Gasteiger partial charge on any atom is 0.161 e. The third kappa shape index (κ3) is 2.27. The first-order chi connectivity index (χ1) is 9.54. The fourth-order valence-electron chi connectivity index (χ4n) is 2.30. The lowest BCUT2D eigenvalue weighted by Crippen LogP contribution is -1.94. The van der Waals surface area contributed by atoms with Crippen LogP contribution in [0.15, 0.2) is 36.4 Å². The highest BCUT2D eigenvalue weighted by Crippen LogP contribution is 2.27. The van der Waals surface area contributed by atoms with Crippen molar-refractivity contribution in [3.8, 4) is 11.4 Å². The molecule has 1 aromatic heterocycles. The number of hydrogen-bond acceptors (Lipinski definition) is 2. The molecule has 0 saturated carbocycles. The van der Waals surface area contributed by atoms with E-state index in [2.05, 4.69) is 42.0 Å². The first kappa shape index (κ1) is 13.1. The van der Waals surface area contributed by atoms with Crippen molar-refractivity contribution in [3.05, 3.63) is 58.2 Å². The summed E-state index contributed by atoms with van der Waals surface area (Å²) in [5, 5.41) is 1.41. The van der Waals surface area contributed by atoms with E-state index in [-0.39, 0.29) is 0 Å². The Morgan fingerprint density at radius 1 is 0.850 bits per heavy atom. The van der Waals surface area contributed by atoms with Gasteiger partial charge >= 0.3 is 0 Å². The van der Waals surface area contributed by atoms with Crippen molar-refractivity contribution in [1.82, 2.24) is 9.97 Å². The summed E-state index contributed by atoms with van der Waals surface area (Å²) >= 11 is 6.33. The van der Waals surface area contributed by atoms with Crippen LogP contribution < -0.4 is 0 Å². The van der Waals surface area contributed by atoms with Gasteiger partial charge in [0.25, 0.3) is 0 Å². The summed E-state index contributed by atoms with van der Waals surface area (Å²) in [4.78, 5) is 9.12. The van der Waals surface area contributed by atoms with Crippen LogP contribution in [0.1, 0.15) is 16.7 Å². The summed E-state index contributed by atoms with van der Waals surface area (Å²) in [5.41, 5.74) is 5.41. The normalized spacial score (nSPS) is 11.0. The van der Waals surface area contributed by atoms with E-state index in [4.69, 9.17) is 11.6 Å². The van der Waals surface area contributed by atoms with Gasteiger partial charge in [0, 0.05) is 10.9 Å². The number of halogens is 1. The van der Waals surface area contributed by atoms with Crippen LogP contribution in [0.2, 0.25) is 5.15 Å². The minimum Gasteiger partial charge on any atom is -0.228 e. The lowest BCUT2D eigenvalue weighted by molar-refractivity contribution is 1.21. The molecule has 0 radical (unpaired) electrons. The molecule has 2 nitrogen and oxygen atoms in total. The minimum absolute atomic E-state index is 0.509. The Labute approximate surface area is 123 Å². The Morgan fingerprint density at radius 2 is 1.55 bits per heavy atom. The molecule has 0 aliphatic heterocycles. The van der Waals surface area contributed by atoms with E-state index < -0.39 is 0 Å². The van der Waals surface area contributed by atoms with Crippen LogP contribution >= 0.6 is 11.6 Å². The summed E-state index contributed by atoms with van der Waals surface area (Å²) in [6, 6.07) is 12.3. The second-order valence-electron chi connectivity index (χ2n) is 5.18. The quantitative estimate of drug-likeness (QED) is 0.595. The van der Waals surface area contributed by atoms with Crippen molar-refractivity contribution in [3.63, 3.8) is 0 Å². The molecule has 0 amide bonds. The molecule has 0 spiro atoms. The van der Waals surface area contributed by atoms with E-state index in [1.54, 1.807) is 0 Å². The molecule has 0 unspecified atom stereocenters. The van der Waals surface area contributed by atoms with Crippen LogP contribution in [0.3, 0.4) is 0 Å². The monoisotopic (exact) mass is 282 g/mol. The molecule has 0 bridgehead atoms. The van der Waals surface area contributed by atoms with E-state index in [0.29, 0.717) is 11.0 Å². The lowest BCUT2D eigenvalue weighted by Gasteiger charge is -2.08. The second kappa shape index (κ2) is 4.88. The standard InChI is InChI=1S/C17H15ClN2/c1-10-4-6-12(3)13(8-10)17-19-15-7-5-11(2)9-14(15)16(18)20-17/h4-9H,1-3H3. The summed E-state index contributed by atoms with van der Waals surface area (Å²) < 4.78 is 0. The highest BCUT2D eigenvalue weighted by atomic mass is 35.5. The van der Waals surface area contributed by atoms with Gasteiger partial charge in [-0.25, -0.2) is 9.97 Å². The largest absolute Gasteiger partial charge is 0.228 e. The molecule has 0 aliphatic rings. The molecular formula is C17H15ClN2. The third-order valence-corrected chi connectivity index (χ3v) is 3.73. The Balaban J connectivity index is 2.27. The fourth-order valence-corrected chi connectivity index (χ4v) is 2.53. The van der Waals surface area contributed by atoms with E-state index in [1.165, 1.54) is 5.56 Å². The van der Waals surface area contributed by atoms with Crippen LogP contribution in [0.25, 0.3) is 22.3 Å². The Hall–Kier alpha value is -1.93. The van der Waals surface area contributed by atoms with Crippen LogP contribution in [0.4, 0.5) is 0 Å². The van der Waals surface area contributed by atoms with Gasteiger partial charge in [-0.3, -0.25) is 0 Å². The van der Waals surface area contributed by atoms with Gasteiger partial charge in [-0.1, -0.05) is 40.9 Å². The average molecular weight is 283 g/mol. The highest BCUT2D eigenvalue weighted by molar-refractivity contribution is 6.34. The number of aryl methyl sites for hydroxylation is 3. The number of rotatable bonds is 1. The zero-order valence-electron chi connectivity index (χ0n) is 11.7. The molecule has 2 aromatic carbocycles. The van der Waals surface area contributed by atoms with Crippen molar-refractivity contribution < 1.29 is 0 Å². The van der Waals surface area contributed by atoms with Crippen molar-refractivity contribution >= 4 is 22.5 Å². The highest BCUT2D eigenvalue weighted by Gasteiger charge is 2.10. The van der Waals surface area contributed by atoms with Gasteiger partial charge in [-0.15, -0.1) is 0 Å². The first-order valence-electron chi connectivity index (χ1n) is 6.56. The van der Waals surface area contributed by atoms with Gasteiger partial charge in [0.05, 0.1) is 5.52 Å². The molecule has 0 N–H and O–H groups in total. The predicted octanol–water partition coefficient (Wildman–Crippen LogP) is 4.88. The van der Waals surface area contributed by atoms with Crippen molar-refractivity contribution in [2.75, 3.05) is 0 Å². The smallest absolute Gasteiger partial charge is 0.161 e. The van der Waals surface area contributed by atoms with Crippen LogP contribution in [0, 0.1) is 20.8 Å². The zero-order chi connectivity index (χ0) is 14.3. The Morgan fingerprint density at radius 3 is 2.35 bits per heavy atom. The topological polar surface area (TPSA) is 25.8 Å². The number of nitrogens with zero attached hydrogens (tertiary/aromatic N) is 2. The summed E-state index contributed by atoms with van der Waals surface area (Å²) in [6.45, 7) is 6.16. The van der Waals surface area contributed by atoms with Crippen LogP contribution in [-0.2, 0) is 0 Å². The number of aromatic nitrogens is 2. The molecule has 20 heavy (non-hydrogen) atoms. The van der Waals surface area contributed by atoms with Gasteiger partial charge in [0.1, 0.15) is 5.15 Å². The van der Waals surface area contributed by atoms with Crippen LogP contribution in [-0.4, -0.2) is 9.97 Å². The molecule has 1 heterocycles. The molecule has 3 aromatic rings. The predicted molar refractivity (Wildman–Crippen MR) is 84.2 cm³/mol. The van der Waals surface area contributed by atoms with E-state index in [9.17, 15) is 0 Å². The van der Waals surface area contributed by atoms with Crippen LogP contribution in [0.5, 0.6) is 0 Å². The second-order valence-corrected chi connectivity index (χ2v) is 5.54. The Bertz CT molecular complexity index is 809. The van der Waals surface area contributed by atoms with E-state index >= 15 is 0 Å². The summed E-state index contributed by atoms with van der Waals surface area (Å²) in [5.74, 6) is 0.688. The first-order valence-corrected chi connectivity index (χ1v) is 6.94. The summed E-state index contributed by atoms with van der Waals surface area (Å²) in [7, 11) is 0. The van der Waals surface area contributed by atoms with E-state index in [0.717, 1.165) is 27.6 Å². The SMILES string of the molecule is Cc1ccc(C)c(-c2nc(Cl)c3cc(C)ccc3n2)c1. The number of benzene rings is 2. The van der Waals surface area contributed by atoms with Crippen molar-refractivity contribution in [1.29, 1.82) is 0 Å². The van der Waals surface area contributed by atoms with Gasteiger partial charge in [0.2, 0.25) is 0 Å². The molecule has 0 aliphatic carbocycles.